The van der Waals surface area contributed by atoms with Gasteiger partial charge in [-0.1, -0.05) is 11.6 Å². The summed E-state index contributed by atoms with van der Waals surface area (Å²) >= 11 is 5.82. The third kappa shape index (κ3) is 2.08. The Bertz CT molecular complexity index is 831. The van der Waals surface area contributed by atoms with Crippen LogP contribution < -0.4 is 5.56 Å². The molecule has 3 aromatic rings. The van der Waals surface area contributed by atoms with Gasteiger partial charge in [-0.05, 0) is 30.3 Å². The molecular formula is C13H7ClFN3O. The second-order valence-electron chi connectivity index (χ2n) is 3.91. The second-order valence-corrected chi connectivity index (χ2v) is 4.35. The van der Waals surface area contributed by atoms with Crippen LogP contribution in [0.1, 0.15) is 0 Å². The highest BCUT2D eigenvalue weighted by atomic mass is 35.5. The molecule has 2 aromatic heterocycles. The Balaban J connectivity index is 2.31. The summed E-state index contributed by atoms with van der Waals surface area (Å²) in [6, 6.07) is 7.30. The molecule has 2 heterocycles. The van der Waals surface area contributed by atoms with Crippen LogP contribution in [0.3, 0.4) is 0 Å². The standard InChI is InChI=1S/C13H7ClFN3O/c14-7-3-4-10(15)9(6-7)12-17-11-8(13(19)18-12)2-1-5-16-11/h1-6H,(H,16,17,18,19). The van der Waals surface area contributed by atoms with Crippen LogP contribution in [-0.2, 0) is 0 Å². The Labute approximate surface area is 111 Å². The number of benzene rings is 1. The quantitative estimate of drug-likeness (QED) is 0.743. The number of nitrogens with one attached hydrogen (secondary N) is 1. The van der Waals surface area contributed by atoms with Gasteiger partial charge in [0.25, 0.3) is 5.56 Å². The number of rotatable bonds is 1. The zero-order valence-corrected chi connectivity index (χ0v) is 10.3. The van der Waals surface area contributed by atoms with E-state index in [-0.39, 0.29) is 22.6 Å². The predicted octanol–water partition coefficient (Wildman–Crippen LogP) is 2.78. The topological polar surface area (TPSA) is 58.6 Å². The molecule has 3 rings (SSSR count). The highest BCUT2D eigenvalue weighted by Gasteiger charge is 2.11. The lowest BCUT2D eigenvalue weighted by Crippen LogP contribution is -2.10. The Morgan fingerprint density at radius 1 is 1.26 bits per heavy atom. The van der Waals surface area contributed by atoms with Gasteiger partial charge in [-0.15, -0.1) is 0 Å². The Hall–Kier alpha value is -2.27. The first-order valence-corrected chi connectivity index (χ1v) is 5.83. The van der Waals surface area contributed by atoms with Crippen molar-refractivity contribution >= 4 is 22.6 Å². The van der Waals surface area contributed by atoms with Gasteiger partial charge in [-0.3, -0.25) is 4.79 Å². The molecule has 0 spiro atoms. The van der Waals surface area contributed by atoms with E-state index in [9.17, 15) is 9.18 Å². The Morgan fingerprint density at radius 2 is 2.11 bits per heavy atom. The van der Waals surface area contributed by atoms with E-state index in [0.717, 1.165) is 0 Å². The molecule has 0 saturated carbocycles. The zero-order valence-electron chi connectivity index (χ0n) is 9.52. The summed E-state index contributed by atoms with van der Waals surface area (Å²) < 4.78 is 13.7. The van der Waals surface area contributed by atoms with E-state index in [0.29, 0.717) is 10.4 Å². The van der Waals surface area contributed by atoms with Crippen LogP contribution in [0, 0.1) is 5.82 Å². The van der Waals surface area contributed by atoms with Gasteiger partial charge < -0.3 is 4.98 Å². The molecule has 0 atom stereocenters. The van der Waals surface area contributed by atoms with Crippen LogP contribution in [0.15, 0.2) is 41.3 Å². The van der Waals surface area contributed by atoms with E-state index in [2.05, 4.69) is 15.0 Å². The van der Waals surface area contributed by atoms with Crippen molar-refractivity contribution in [1.29, 1.82) is 0 Å². The number of pyridine rings is 1. The van der Waals surface area contributed by atoms with Gasteiger partial charge in [0.15, 0.2) is 5.65 Å². The number of fused-ring (bicyclic) bond motifs is 1. The van der Waals surface area contributed by atoms with Crippen molar-refractivity contribution in [1.82, 2.24) is 15.0 Å². The molecule has 0 amide bonds. The van der Waals surface area contributed by atoms with Gasteiger partial charge in [0, 0.05) is 11.2 Å². The predicted molar refractivity (Wildman–Crippen MR) is 70.6 cm³/mol. The highest BCUT2D eigenvalue weighted by molar-refractivity contribution is 6.30. The number of aromatic nitrogens is 3. The van der Waals surface area contributed by atoms with Crippen LogP contribution in [0.2, 0.25) is 5.02 Å². The van der Waals surface area contributed by atoms with E-state index in [1.54, 1.807) is 12.1 Å². The Morgan fingerprint density at radius 3 is 2.95 bits per heavy atom. The van der Waals surface area contributed by atoms with Crippen molar-refractivity contribution in [2.45, 2.75) is 0 Å². The van der Waals surface area contributed by atoms with Gasteiger partial charge in [0.05, 0.1) is 10.9 Å². The molecule has 94 valence electrons. The zero-order chi connectivity index (χ0) is 13.4. The van der Waals surface area contributed by atoms with E-state index in [1.807, 2.05) is 0 Å². The molecule has 0 aliphatic rings. The van der Waals surface area contributed by atoms with Crippen LogP contribution in [0.25, 0.3) is 22.4 Å². The summed E-state index contributed by atoms with van der Waals surface area (Å²) in [6.07, 6.45) is 1.52. The van der Waals surface area contributed by atoms with Crippen molar-refractivity contribution in [3.05, 3.63) is 57.7 Å². The van der Waals surface area contributed by atoms with Gasteiger partial charge >= 0.3 is 0 Å². The Kier molecular flexibility index (Phi) is 2.76. The normalized spacial score (nSPS) is 10.8. The molecular weight excluding hydrogens is 269 g/mol. The van der Waals surface area contributed by atoms with Crippen LogP contribution >= 0.6 is 11.6 Å². The number of nitrogens with zero attached hydrogens (tertiary/aromatic N) is 2. The molecule has 4 nitrogen and oxygen atoms in total. The van der Waals surface area contributed by atoms with Gasteiger partial charge in [-0.25, -0.2) is 14.4 Å². The maximum absolute atomic E-state index is 13.7. The first kappa shape index (κ1) is 11.8. The minimum absolute atomic E-state index is 0.108. The minimum Gasteiger partial charge on any atom is -0.306 e. The number of H-pyrrole nitrogens is 1. The minimum atomic E-state index is -0.511. The average Bonchev–Trinajstić information content (AvgIpc) is 2.41. The van der Waals surface area contributed by atoms with Gasteiger partial charge in [0.1, 0.15) is 11.6 Å². The number of hydrogen-bond donors (Lipinski definition) is 1. The molecule has 0 saturated heterocycles. The lowest BCUT2D eigenvalue weighted by molar-refractivity contribution is 0.630. The van der Waals surface area contributed by atoms with E-state index in [4.69, 9.17) is 11.6 Å². The molecule has 0 radical (unpaired) electrons. The van der Waals surface area contributed by atoms with E-state index >= 15 is 0 Å². The number of halogens is 2. The monoisotopic (exact) mass is 275 g/mol. The number of hydrogen-bond acceptors (Lipinski definition) is 3. The van der Waals surface area contributed by atoms with Crippen molar-refractivity contribution in [2.75, 3.05) is 0 Å². The van der Waals surface area contributed by atoms with Crippen LogP contribution in [0.5, 0.6) is 0 Å². The molecule has 0 aliphatic heterocycles. The van der Waals surface area contributed by atoms with Crippen molar-refractivity contribution in [2.24, 2.45) is 0 Å². The summed E-state index contributed by atoms with van der Waals surface area (Å²) in [5.41, 5.74) is 0.0326. The summed E-state index contributed by atoms with van der Waals surface area (Å²) in [6.45, 7) is 0. The maximum Gasteiger partial charge on any atom is 0.260 e. The first-order chi connectivity index (χ1) is 9.15. The second kappa shape index (κ2) is 4.44. The van der Waals surface area contributed by atoms with Crippen LogP contribution in [0.4, 0.5) is 4.39 Å². The van der Waals surface area contributed by atoms with Crippen molar-refractivity contribution in [3.8, 4) is 11.4 Å². The van der Waals surface area contributed by atoms with Gasteiger partial charge in [-0.2, -0.15) is 0 Å². The molecule has 0 aliphatic carbocycles. The lowest BCUT2D eigenvalue weighted by Gasteiger charge is -2.04. The molecule has 1 N–H and O–H groups in total. The summed E-state index contributed by atoms with van der Waals surface area (Å²) in [7, 11) is 0. The SMILES string of the molecule is O=c1[nH]c(-c2cc(Cl)ccc2F)nc2ncccc12. The maximum atomic E-state index is 13.7. The van der Waals surface area contributed by atoms with E-state index in [1.165, 1.54) is 24.4 Å². The summed E-state index contributed by atoms with van der Waals surface area (Å²) in [5.74, 6) is -0.404. The first-order valence-electron chi connectivity index (χ1n) is 5.45. The largest absolute Gasteiger partial charge is 0.306 e. The lowest BCUT2D eigenvalue weighted by atomic mass is 10.2. The molecule has 19 heavy (non-hydrogen) atoms. The molecule has 6 heteroatoms. The summed E-state index contributed by atoms with van der Waals surface area (Å²) in [5, 5.41) is 0.717. The van der Waals surface area contributed by atoms with Gasteiger partial charge in [0.2, 0.25) is 0 Å². The summed E-state index contributed by atoms with van der Waals surface area (Å²) in [4.78, 5) is 22.5. The molecule has 0 bridgehead atoms. The average molecular weight is 276 g/mol. The molecule has 0 unspecified atom stereocenters. The van der Waals surface area contributed by atoms with Crippen LogP contribution in [-0.4, -0.2) is 15.0 Å². The fourth-order valence-corrected chi connectivity index (χ4v) is 1.95. The van der Waals surface area contributed by atoms with Crippen molar-refractivity contribution < 1.29 is 4.39 Å². The fraction of sp³-hybridized carbons (Fsp3) is 0. The fourth-order valence-electron chi connectivity index (χ4n) is 1.78. The third-order valence-electron chi connectivity index (χ3n) is 2.66. The van der Waals surface area contributed by atoms with Crippen molar-refractivity contribution in [3.63, 3.8) is 0 Å². The molecule has 0 fully saturated rings. The third-order valence-corrected chi connectivity index (χ3v) is 2.90. The van der Waals surface area contributed by atoms with E-state index < -0.39 is 5.82 Å². The highest BCUT2D eigenvalue weighted by Crippen LogP contribution is 2.23. The molecule has 1 aromatic carbocycles. The smallest absolute Gasteiger partial charge is 0.260 e. The number of aromatic amines is 1.